The van der Waals surface area contributed by atoms with E-state index in [1.165, 1.54) is 0 Å². The van der Waals surface area contributed by atoms with Crippen LogP contribution in [0.4, 0.5) is 0 Å². The van der Waals surface area contributed by atoms with Crippen molar-refractivity contribution in [3.05, 3.63) is 54.5 Å². The zero-order chi connectivity index (χ0) is 18.8. The monoisotopic (exact) mass is 364 g/mol. The quantitative estimate of drug-likeness (QED) is 0.770. The summed E-state index contributed by atoms with van der Waals surface area (Å²) in [5.41, 5.74) is 2.23. The summed E-state index contributed by atoms with van der Waals surface area (Å²) in [4.78, 5) is 23.3. The molecule has 27 heavy (non-hydrogen) atoms. The summed E-state index contributed by atoms with van der Waals surface area (Å²) in [6.07, 6.45) is 9.22. The zero-order valence-electron chi connectivity index (χ0n) is 15.7. The Morgan fingerprint density at radius 2 is 1.93 bits per heavy atom. The van der Waals surface area contributed by atoms with Crippen molar-refractivity contribution in [3.63, 3.8) is 0 Å². The predicted octanol–water partition coefficient (Wildman–Crippen LogP) is 3.27. The lowest BCUT2D eigenvalue weighted by molar-refractivity contribution is 0.0704. The van der Waals surface area contributed by atoms with E-state index in [-0.39, 0.29) is 5.91 Å². The third kappa shape index (κ3) is 3.49. The van der Waals surface area contributed by atoms with Crippen LogP contribution in [0.1, 0.15) is 55.0 Å². The number of H-pyrrole nitrogens is 1. The van der Waals surface area contributed by atoms with Crippen LogP contribution in [-0.2, 0) is 0 Å². The van der Waals surface area contributed by atoms with Gasteiger partial charge in [-0.3, -0.25) is 14.9 Å². The van der Waals surface area contributed by atoms with Crippen molar-refractivity contribution in [2.45, 2.75) is 38.6 Å². The molecule has 3 aromatic heterocycles. The molecular formula is C20H24N6O. The maximum Gasteiger partial charge on any atom is 0.271 e. The average Bonchev–Trinajstić information content (AvgIpc) is 3.38. The molecule has 4 heterocycles. The van der Waals surface area contributed by atoms with Crippen LogP contribution in [0.25, 0.3) is 11.3 Å². The summed E-state index contributed by atoms with van der Waals surface area (Å²) in [5.74, 6) is 1.55. The number of carbonyl (C=O) groups excluding carboxylic acids is 1. The Balaban J connectivity index is 1.42. The lowest BCUT2D eigenvalue weighted by Crippen LogP contribution is -2.38. The van der Waals surface area contributed by atoms with Crippen LogP contribution in [0.5, 0.6) is 0 Å². The molecule has 0 radical (unpaired) electrons. The second kappa shape index (κ2) is 7.34. The van der Waals surface area contributed by atoms with Gasteiger partial charge in [-0.25, -0.2) is 4.98 Å². The largest absolute Gasteiger partial charge is 0.337 e. The Morgan fingerprint density at radius 3 is 2.63 bits per heavy atom. The van der Waals surface area contributed by atoms with E-state index >= 15 is 0 Å². The molecule has 1 saturated heterocycles. The van der Waals surface area contributed by atoms with E-state index in [0.29, 0.717) is 17.7 Å². The van der Waals surface area contributed by atoms with Crippen LogP contribution in [0, 0.1) is 0 Å². The molecule has 0 spiro atoms. The fraction of sp³-hybridized carbons (Fsp3) is 0.400. The molecular weight excluding hydrogens is 340 g/mol. The minimum Gasteiger partial charge on any atom is -0.337 e. The Hall–Kier alpha value is -2.96. The second-order valence-corrected chi connectivity index (χ2v) is 7.26. The fourth-order valence-corrected chi connectivity index (χ4v) is 3.69. The molecule has 140 valence electrons. The number of pyridine rings is 1. The molecule has 0 aliphatic carbocycles. The smallest absolute Gasteiger partial charge is 0.271 e. The summed E-state index contributed by atoms with van der Waals surface area (Å²) >= 11 is 0. The van der Waals surface area contributed by atoms with Crippen LogP contribution >= 0.6 is 0 Å². The first kappa shape index (κ1) is 17.5. The van der Waals surface area contributed by atoms with Crippen molar-refractivity contribution in [3.8, 4) is 11.3 Å². The number of rotatable bonds is 4. The van der Waals surface area contributed by atoms with Crippen LogP contribution in [0.15, 0.2) is 43.0 Å². The molecule has 1 fully saturated rings. The van der Waals surface area contributed by atoms with Gasteiger partial charge in [0.1, 0.15) is 11.5 Å². The third-order valence-electron chi connectivity index (χ3n) is 5.19. The topological polar surface area (TPSA) is 79.7 Å². The number of nitrogens with zero attached hydrogens (tertiary/aromatic N) is 5. The molecule has 7 nitrogen and oxygen atoms in total. The minimum absolute atomic E-state index is 0.00783. The van der Waals surface area contributed by atoms with Crippen molar-refractivity contribution < 1.29 is 4.79 Å². The number of carbonyl (C=O) groups is 1. The van der Waals surface area contributed by atoms with Gasteiger partial charge in [-0.1, -0.05) is 0 Å². The highest BCUT2D eigenvalue weighted by Crippen LogP contribution is 2.29. The van der Waals surface area contributed by atoms with Gasteiger partial charge in [0, 0.05) is 55.4 Å². The van der Waals surface area contributed by atoms with E-state index < -0.39 is 0 Å². The van der Waals surface area contributed by atoms with E-state index in [0.717, 1.165) is 43.0 Å². The van der Waals surface area contributed by atoms with E-state index in [2.05, 4.69) is 38.6 Å². The Morgan fingerprint density at radius 1 is 1.19 bits per heavy atom. The number of nitrogens with one attached hydrogen (secondary N) is 1. The summed E-state index contributed by atoms with van der Waals surface area (Å²) in [5, 5.41) is 7.16. The van der Waals surface area contributed by atoms with Gasteiger partial charge in [0.25, 0.3) is 5.91 Å². The summed E-state index contributed by atoms with van der Waals surface area (Å²) < 4.78 is 2.23. The first-order valence-corrected chi connectivity index (χ1v) is 9.41. The van der Waals surface area contributed by atoms with Crippen molar-refractivity contribution >= 4 is 5.91 Å². The molecule has 1 N–H and O–H groups in total. The first-order chi connectivity index (χ1) is 13.1. The Bertz CT molecular complexity index is 905. The van der Waals surface area contributed by atoms with Gasteiger partial charge in [0.05, 0.1) is 5.69 Å². The Labute approximate surface area is 158 Å². The minimum atomic E-state index is 0.00783. The molecule has 7 heteroatoms. The number of aromatic amines is 1. The van der Waals surface area contributed by atoms with Gasteiger partial charge in [0.2, 0.25) is 0 Å². The van der Waals surface area contributed by atoms with Crippen LogP contribution in [0.3, 0.4) is 0 Å². The number of piperidine rings is 1. The predicted molar refractivity (Wildman–Crippen MR) is 102 cm³/mol. The molecule has 1 amide bonds. The molecule has 0 aromatic carbocycles. The molecule has 0 unspecified atom stereocenters. The van der Waals surface area contributed by atoms with E-state index in [4.69, 9.17) is 0 Å². The SMILES string of the molecule is CC(C)n1ccnc1C1CCN(C(=O)c2cc(-c3ccncc3)n[nH]2)CC1. The molecule has 1 aliphatic heterocycles. The standard InChI is InChI=1S/C20H24N6O/c1-14(2)26-12-9-22-19(26)16-5-10-25(11-6-16)20(27)18-13-17(23-24-18)15-3-7-21-8-4-15/h3-4,7-9,12-14,16H,5-6,10-11H2,1-2H3,(H,23,24). The molecule has 3 aromatic rings. The van der Waals surface area contributed by atoms with Gasteiger partial charge in [-0.2, -0.15) is 5.10 Å². The van der Waals surface area contributed by atoms with Crippen molar-refractivity contribution in [2.24, 2.45) is 0 Å². The number of hydrogen-bond acceptors (Lipinski definition) is 4. The molecule has 4 rings (SSSR count). The molecule has 0 saturated carbocycles. The number of aromatic nitrogens is 5. The second-order valence-electron chi connectivity index (χ2n) is 7.26. The van der Waals surface area contributed by atoms with Crippen molar-refractivity contribution in [2.75, 3.05) is 13.1 Å². The molecule has 0 atom stereocenters. The lowest BCUT2D eigenvalue weighted by atomic mass is 9.95. The summed E-state index contributed by atoms with van der Waals surface area (Å²) in [6.45, 7) is 5.81. The van der Waals surface area contributed by atoms with Gasteiger partial charge >= 0.3 is 0 Å². The van der Waals surface area contributed by atoms with Gasteiger partial charge in [0.15, 0.2) is 0 Å². The number of amides is 1. The average molecular weight is 364 g/mol. The van der Waals surface area contributed by atoms with Gasteiger partial charge in [-0.15, -0.1) is 0 Å². The maximum absolute atomic E-state index is 12.8. The van der Waals surface area contributed by atoms with E-state index in [1.54, 1.807) is 12.4 Å². The number of hydrogen-bond donors (Lipinski definition) is 1. The van der Waals surface area contributed by atoms with E-state index in [1.807, 2.05) is 35.5 Å². The third-order valence-corrected chi connectivity index (χ3v) is 5.19. The highest BCUT2D eigenvalue weighted by atomic mass is 16.2. The highest BCUT2D eigenvalue weighted by Gasteiger charge is 2.28. The van der Waals surface area contributed by atoms with Crippen LogP contribution in [-0.4, -0.2) is 48.6 Å². The normalized spacial score (nSPS) is 15.4. The molecule has 0 bridgehead atoms. The van der Waals surface area contributed by atoms with Crippen LogP contribution < -0.4 is 0 Å². The zero-order valence-corrected chi connectivity index (χ0v) is 15.7. The lowest BCUT2D eigenvalue weighted by Gasteiger charge is -2.32. The maximum atomic E-state index is 12.8. The molecule has 1 aliphatic rings. The van der Waals surface area contributed by atoms with Crippen molar-refractivity contribution in [1.29, 1.82) is 0 Å². The van der Waals surface area contributed by atoms with E-state index in [9.17, 15) is 4.79 Å². The fourth-order valence-electron chi connectivity index (χ4n) is 3.69. The highest BCUT2D eigenvalue weighted by molar-refractivity contribution is 5.93. The number of likely N-dealkylation sites (tertiary alicyclic amines) is 1. The van der Waals surface area contributed by atoms with Gasteiger partial charge < -0.3 is 9.47 Å². The van der Waals surface area contributed by atoms with Crippen molar-refractivity contribution in [1.82, 2.24) is 29.6 Å². The Kier molecular flexibility index (Phi) is 4.75. The first-order valence-electron chi connectivity index (χ1n) is 9.41. The number of imidazole rings is 1. The summed E-state index contributed by atoms with van der Waals surface area (Å²) in [7, 11) is 0. The van der Waals surface area contributed by atoms with Gasteiger partial charge in [-0.05, 0) is 44.9 Å². The summed E-state index contributed by atoms with van der Waals surface area (Å²) in [6, 6.07) is 5.98. The van der Waals surface area contributed by atoms with Crippen LogP contribution in [0.2, 0.25) is 0 Å².